The van der Waals surface area contributed by atoms with Gasteiger partial charge in [0, 0.05) is 39.2 Å². The molecule has 7 heteroatoms. The Hall–Kier alpha value is 0.120. The lowest BCUT2D eigenvalue weighted by molar-refractivity contribution is 0.0587. The SMILES string of the molecule is COC1CCN(S(=O)(=O)N2CCCC(CCl)C2)CC1. The second kappa shape index (κ2) is 6.72. The van der Waals surface area contributed by atoms with Crippen molar-refractivity contribution in [2.24, 2.45) is 5.92 Å². The quantitative estimate of drug-likeness (QED) is 0.735. The maximum atomic E-state index is 12.6. The highest BCUT2D eigenvalue weighted by Crippen LogP contribution is 2.24. The predicted octanol–water partition coefficient (Wildman–Crippen LogP) is 1.29. The van der Waals surface area contributed by atoms with E-state index in [-0.39, 0.29) is 6.10 Å². The first-order valence-corrected chi connectivity index (χ1v) is 8.85. The van der Waals surface area contributed by atoms with Crippen LogP contribution in [0.15, 0.2) is 0 Å². The normalized spacial score (nSPS) is 28.6. The Kier molecular flexibility index (Phi) is 5.48. The first-order chi connectivity index (χ1) is 9.07. The zero-order chi connectivity index (χ0) is 13.9. The molecule has 2 aliphatic rings. The molecular weight excluding hydrogens is 288 g/mol. The standard InChI is InChI=1S/C12H23ClN2O3S/c1-18-12-4-7-14(8-5-12)19(16,17)15-6-2-3-11(9-13)10-15/h11-12H,2-10H2,1H3. The molecule has 0 radical (unpaired) electrons. The Balaban J connectivity index is 1.98. The molecular formula is C12H23ClN2O3S. The lowest BCUT2D eigenvalue weighted by Crippen LogP contribution is -2.51. The number of ether oxygens (including phenoxy) is 1. The lowest BCUT2D eigenvalue weighted by Gasteiger charge is -2.37. The van der Waals surface area contributed by atoms with Crippen LogP contribution in [0.25, 0.3) is 0 Å². The number of hydrogen-bond acceptors (Lipinski definition) is 3. The number of nitrogens with zero attached hydrogens (tertiary/aromatic N) is 2. The first-order valence-electron chi connectivity index (χ1n) is 6.92. The molecule has 0 aromatic rings. The maximum Gasteiger partial charge on any atom is 0.281 e. The van der Waals surface area contributed by atoms with E-state index in [2.05, 4.69) is 0 Å². The molecule has 2 heterocycles. The minimum Gasteiger partial charge on any atom is -0.381 e. The number of methoxy groups -OCH3 is 1. The third-order valence-corrected chi connectivity index (χ3v) is 6.53. The van der Waals surface area contributed by atoms with Crippen LogP contribution in [-0.2, 0) is 14.9 Å². The number of halogens is 1. The molecule has 0 amide bonds. The first kappa shape index (κ1) is 15.5. The third kappa shape index (κ3) is 3.61. The van der Waals surface area contributed by atoms with Crippen molar-refractivity contribution in [3.05, 3.63) is 0 Å². The minimum atomic E-state index is -3.31. The zero-order valence-corrected chi connectivity index (χ0v) is 13.0. The van der Waals surface area contributed by atoms with Gasteiger partial charge in [0.1, 0.15) is 0 Å². The second-order valence-electron chi connectivity index (χ2n) is 5.36. The van der Waals surface area contributed by atoms with Gasteiger partial charge >= 0.3 is 0 Å². The zero-order valence-electron chi connectivity index (χ0n) is 11.4. The van der Waals surface area contributed by atoms with E-state index in [0.717, 1.165) is 25.7 Å². The molecule has 0 saturated carbocycles. The molecule has 5 nitrogen and oxygen atoms in total. The molecule has 2 saturated heterocycles. The largest absolute Gasteiger partial charge is 0.381 e. The molecule has 2 fully saturated rings. The van der Waals surface area contributed by atoms with Crippen molar-refractivity contribution < 1.29 is 13.2 Å². The molecule has 0 aliphatic carbocycles. The summed E-state index contributed by atoms with van der Waals surface area (Å²) in [6, 6.07) is 0. The highest BCUT2D eigenvalue weighted by Gasteiger charge is 2.35. The Morgan fingerprint density at radius 3 is 2.42 bits per heavy atom. The third-order valence-electron chi connectivity index (χ3n) is 4.09. The van der Waals surface area contributed by atoms with Crippen molar-refractivity contribution in [3.63, 3.8) is 0 Å². The Morgan fingerprint density at radius 1 is 1.16 bits per heavy atom. The van der Waals surface area contributed by atoms with E-state index in [0.29, 0.717) is 38.0 Å². The van der Waals surface area contributed by atoms with Crippen LogP contribution in [0.3, 0.4) is 0 Å². The fourth-order valence-electron chi connectivity index (χ4n) is 2.82. The number of piperidine rings is 2. The van der Waals surface area contributed by atoms with Crippen LogP contribution in [0.5, 0.6) is 0 Å². The van der Waals surface area contributed by atoms with E-state index in [1.54, 1.807) is 15.7 Å². The van der Waals surface area contributed by atoms with E-state index in [4.69, 9.17) is 16.3 Å². The summed E-state index contributed by atoms with van der Waals surface area (Å²) in [7, 11) is -1.62. The van der Waals surface area contributed by atoms with Gasteiger partial charge in [-0.25, -0.2) is 0 Å². The highest BCUT2D eigenvalue weighted by molar-refractivity contribution is 7.86. The van der Waals surface area contributed by atoms with Gasteiger partial charge in [0.05, 0.1) is 6.10 Å². The van der Waals surface area contributed by atoms with E-state index in [9.17, 15) is 8.42 Å². The van der Waals surface area contributed by atoms with Gasteiger partial charge in [0.2, 0.25) is 0 Å². The van der Waals surface area contributed by atoms with Gasteiger partial charge in [-0.3, -0.25) is 0 Å². The van der Waals surface area contributed by atoms with E-state index in [1.807, 2.05) is 0 Å². The average Bonchev–Trinajstić information content (AvgIpc) is 2.47. The summed E-state index contributed by atoms with van der Waals surface area (Å²) in [4.78, 5) is 0. The molecule has 1 unspecified atom stereocenters. The lowest BCUT2D eigenvalue weighted by atomic mass is 10.0. The summed E-state index contributed by atoms with van der Waals surface area (Å²) in [6.45, 7) is 2.31. The van der Waals surface area contributed by atoms with Crippen LogP contribution in [0.2, 0.25) is 0 Å². The van der Waals surface area contributed by atoms with Crippen molar-refractivity contribution >= 4 is 21.8 Å². The summed E-state index contributed by atoms with van der Waals surface area (Å²) in [5, 5.41) is 0. The molecule has 19 heavy (non-hydrogen) atoms. The fourth-order valence-corrected chi connectivity index (χ4v) is 4.83. The van der Waals surface area contributed by atoms with Gasteiger partial charge in [0.15, 0.2) is 0 Å². The van der Waals surface area contributed by atoms with Crippen molar-refractivity contribution in [2.75, 3.05) is 39.2 Å². The second-order valence-corrected chi connectivity index (χ2v) is 7.60. The molecule has 2 rings (SSSR count). The van der Waals surface area contributed by atoms with Crippen molar-refractivity contribution in [2.45, 2.75) is 31.8 Å². The van der Waals surface area contributed by atoms with E-state index < -0.39 is 10.2 Å². The molecule has 0 aromatic heterocycles. The summed E-state index contributed by atoms with van der Waals surface area (Å²) in [6.07, 6.45) is 3.70. The molecule has 0 spiro atoms. The summed E-state index contributed by atoms with van der Waals surface area (Å²) < 4.78 is 33.6. The fraction of sp³-hybridized carbons (Fsp3) is 1.00. The number of alkyl halides is 1. The van der Waals surface area contributed by atoms with Gasteiger partial charge in [-0.15, -0.1) is 11.6 Å². The van der Waals surface area contributed by atoms with Crippen molar-refractivity contribution in [3.8, 4) is 0 Å². The number of rotatable bonds is 4. The number of hydrogen-bond donors (Lipinski definition) is 0. The molecule has 112 valence electrons. The predicted molar refractivity (Wildman–Crippen MR) is 75.5 cm³/mol. The molecule has 0 aromatic carbocycles. The highest BCUT2D eigenvalue weighted by atomic mass is 35.5. The summed E-state index contributed by atoms with van der Waals surface area (Å²) in [5.74, 6) is 0.833. The Bertz CT molecular complexity index is 382. The van der Waals surface area contributed by atoms with Gasteiger partial charge in [0.25, 0.3) is 10.2 Å². The Labute approximate surface area is 121 Å². The average molecular weight is 311 g/mol. The van der Waals surface area contributed by atoms with Crippen molar-refractivity contribution in [1.29, 1.82) is 0 Å². The van der Waals surface area contributed by atoms with Crippen molar-refractivity contribution in [1.82, 2.24) is 8.61 Å². The Morgan fingerprint density at radius 2 is 1.84 bits per heavy atom. The summed E-state index contributed by atoms with van der Waals surface area (Å²) >= 11 is 5.87. The van der Waals surface area contributed by atoms with E-state index >= 15 is 0 Å². The van der Waals surface area contributed by atoms with Crippen LogP contribution in [0.4, 0.5) is 0 Å². The molecule has 0 N–H and O–H groups in total. The topological polar surface area (TPSA) is 49.9 Å². The minimum absolute atomic E-state index is 0.198. The maximum absolute atomic E-state index is 12.6. The van der Waals surface area contributed by atoms with Crippen LogP contribution in [0, 0.1) is 5.92 Å². The van der Waals surface area contributed by atoms with Crippen LogP contribution in [-0.4, -0.2) is 62.3 Å². The van der Waals surface area contributed by atoms with Gasteiger partial charge in [-0.05, 0) is 31.6 Å². The van der Waals surface area contributed by atoms with E-state index in [1.165, 1.54) is 0 Å². The molecule has 2 aliphatic heterocycles. The smallest absolute Gasteiger partial charge is 0.281 e. The van der Waals surface area contributed by atoms with Gasteiger partial charge in [-0.1, -0.05) is 0 Å². The van der Waals surface area contributed by atoms with Gasteiger partial charge < -0.3 is 4.74 Å². The molecule has 0 bridgehead atoms. The van der Waals surface area contributed by atoms with Crippen LogP contribution in [0.1, 0.15) is 25.7 Å². The van der Waals surface area contributed by atoms with Crippen LogP contribution >= 0.6 is 11.6 Å². The van der Waals surface area contributed by atoms with Gasteiger partial charge in [-0.2, -0.15) is 17.0 Å². The summed E-state index contributed by atoms with van der Waals surface area (Å²) in [5.41, 5.74) is 0. The molecule has 1 atom stereocenters. The van der Waals surface area contributed by atoms with Crippen LogP contribution < -0.4 is 0 Å². The monoisotopic (exact) mass is 310 g/mol.